The third-order valence-electron chi connectivity index (χ3n) is 2.20. The van der Waals surface area contributed by atoms with Crippen LogP contribution in [0.4, 0.5) is 5.69 Å². The summed E-state index contributed by atoms with van der Waals surface area (Å²) in [4.78, 5) is 21.5. The van der Waals surface area contributed by atoms with E-state index < -0.39 is 0 Å². The van der Waals surface area contributed by atoms with Gasteiger partial charge in [0.05, 0.1) is 6.04 Å². The number of amides is 1. The summed E-state index contributed by atoms with van der Waals surface area (Å²) in [6, 6.07) is 4.92. The quantitative estimate of drug-likeness (QED) is 0.664. The molecule has 0 spiro atoms. The minimum absolute atomic E-state index is 0.0307. The molecule has 1 unspecified atom stereocenters. The SMILES string of the molecule is CC1NC(=O)c2cc(N=O)ccc21. The number of nitrogens with one attached hydrogen (secondary N) is 1. The van der Waals surface area contributed by atoms with Crippen molar-refractivity contribution in [1.82, 2.24) is 5.32 Å². The van der Waals surface area contributed by atoms with Crippen molar-refractivity contribution in [2.75, 3.05) is 0 Å². The van der Waals surface area contributed by atoms with Crippen LogP contribution in [-0.2, 0) is 0 Å². The zero-order chi connectivity index (χ0) is 9.42. The Morgan fingerprint density at radius 2 is 2.23 bits per heavy atom. The van der Waals surface area contributed by atoms with Crippen molar-refractivity contribution in [3.8, 4) is 0 Å². The summed E-state index contributed by atoms with van der Waals surface area (Å²) in [5, 5.41) is 5.53. The highest BCUT2D eigenvalue weighted by atomic mass is 16.3. The summed E-state index contributed by atoms with van der Waals surface area (Å²) in [5.74, 6) is -0.131. The molecule has 66 valence electrons. The van der Waals surface area contributed by atoms with Crippen molar-refractivity contribution in [2.45, 2.75) is 13.0 Å². The van der Waals surface area contributed by atoms with Crippen molar-refractivity contribution >= 4 is 11.6 Å². The van der Waals surface area contributed by atoms with Crippen LogP contribution in [-0.4, -0.2) is 5.91 Å². The molecule has 1 atom stereocenters. The predicted octanol–water partition coefficient (Wildman–Crippen LogP) is 1.89. The van der Waals surface area contributed by atoms with Crippen LogP contribution in [0.3, 0.4) is 0 Å². The first-order chi connectivity index (χ1) is 6.22. The Balaban J connectivity index is 2.58. The summed E-state index contributed by atoms with van der Waals surface area (Å²) in [6.45, 7) is 1.90. The Labute approximate surface area is 74.9 Å². The van der Waals surface area contributed by atoms with Gasteiger partial charge in [-0.25, -0.2) is 0 Å². The first-order valence-electron chi connectivity index (χ1n) is 4.00. The third-order valence-corrected chi connectivity index (χ3v) is 2.20. The third kappa shape index (κ3) is 1.11. The van der Waals surface area contributed by atoms with Crippen LogP contribution in [0.5, 0.6) is 0 Å². The van der Waals surface area contributed by atoms with Gasteiger partial charge >= 0.3 is 0 Å². The number of nitrogens with zero attached hydrogens (tertiary/aromatic N) is 1. The van der Waals surface area contributed by atoms with Crippen molar-refractivity contribution in [3.63, 3.8) is 0 Å². The standard InChI is InChI=1S/C9H8N2O2/c1-5-7-3-2-6(11-13)4-8(7)9(12)10-5/h2-5H,1H3,(H,10,12). The Kier molecular flexibility index (Phi) is 1.62. The van der Waals surface area contributed by atoms with Crippen LogP contribution < -0.4 is 5.32 Å². The molecule has 4 heteroatoms. The lowest BCUT2D eigenvalue weighted by Gasteiger charge is -2.01. The van der Waals surface area contributed by atoms with Crippen LogP contribution in [0.25, 0.3) is 0 Å². The van der Waals surface area contributed by atoms with Gasteiger partial charge in [-0.1, -0.05) is 6.07 Å². The summed E-state index contributed by atoms with van der Waals surface area (Å²) in [6.07, 6.45) is 0. The Morgan fingerprint density at radius 1 is 1.46 bits per heavy atom. The van der Waals surface area contributed by atoms with E-state index in [2.05, 4.69) is 10.5 Å². The Bertz CT molecular complexity index is 387. The molecular formula is C9H8N2O2. The van der Waals surface area contributed by atoms with E-state index in [4.69, 9.17) is 0 Å². The average Bonchev–Trinajstić information content (AvgIpc) is 2.42. The summed E-state index contributed by atoms with van der Waals surface area (Å²) in [5.41, 5.74) is 1.78. The number of hydrogen-bond donors (Lipinski definition) is 1. The highest BCUT2D eigenvalue weighted by Gasteiger charge is 2.25. The van der Waals surface area contributed by atoms with Crippen molar-refractivity contribution in [3.05, 3.63) is 34.2 Å². The molecule has 1 aromatic rings. The van der Waals surface area contributed by atoms with E-state index >= 15 is 0 Å². The monoisotopic (exact) mass is 176 g/mol. The fourth-order valence-corrected chi connectivity index (χ4v) is 1.53. The maximum Gasteiger partial charge on any atom is 0.252 e. The summed E-state index contributed by atoms with van der Waals surface area (Å²) in [7, 11) is 0. The van der Waals surface area contributed by atoms with Gasteiger partial charge in [-0.3, -0.25) is 4.79 Å². The molecule has 1 amide bonds. The largest absolute Gasteiger partial charge is 0.345 e. The number of carbonyl (C=O) groups is 1. The van der Waals surface area contributed by atoms with E-state index in [1.54, 1.807) is 12.1 Å². The van der Waals surface area contributed by atoms with Crippen LogP contribution >= 0.6 is 0 Å². The van der Waals surface area contributed by atoms with Crippen LogP contribution in [0.15, 0.2) is 23.4 Å². The normalized spacial score (nSPS) is 19.5. The zero-order valence-electron chi connectivity index (χ0n) is 7.07. The molecule has 1 heterocycles. The molecule has 1 N–H and O–H groups in total. The van der Waals surface area contributed by atoms with Gasteiger partial charge in [0.1, 0.15) is 5.69 Å². The molecule has 4 nitrogen and oxygen atoms in total. The van der Waals surface area contributed by atoms with Gasteiger partial charge in [-0.2, -0.15) is 0 Å². The molecule has 0 aliphatic carbocycles. The topological polar surface area (TPSA) is 58.5 Å². The smallest absolute Gasteiger partial charge is 0.252 e. The van der Waals surface area contributed by atoms with Crippen molar-refractivity contribution < 1.29 is 4.79 Å². The van der Waals surface area contributed by atoms with Gasteiger partial charge in [0.2, 0.25) is 0 Å². The second-order valence-electron chi connectivity index (χ2n) is 3.06. The minimum atomic E-state index is -0.131. The van der Waals surface area contributed by atoms with E-state index in [9.17, 15) is 9.70 Å². The van der Waals surface area contributed by atoms with E-state index in [0.717, 1.165) is 5.56 Å². The molecule has 2 rings (SSSR count). The predicted molar refractivity (Wildman–Crippen MR) is 47.8 cm³/mol. The number of nitroso groups, excluding NO2 is 1. The van der Waals surface area contributed by atoms with Crippen molar-refractivity contribution in [2.24, 2.45) is 5.18 Å². The molecule has 13 heavy (non-hydrogen) atoms. The van der Waals surface area contributed by atoms with Crippen LogP contribution in [0.1, 0.15) is 28.9 Å². The number of benzene rings is 1. The van der Waals surface area contributed by atoms with Gasteiger partial charge in [0.25, 0.3) is 5.91 Å². The first-order valence-corrected chi connectivity index (χ1v) is 4.00. The van der Waals surface area contributed by atoms with E-state index in [1.165, 1.54) is 6.07 Å². The summed E-state index contributed by atoms with van der Waals surface area (Å²) >= 11 is 0. The molecule has 0 aromatic heterocycles. The molecule has 0 saturated carbocycles. The van der Waals surface area contributed by atoms with Crippen LogP contribution in [0, 0.1) is 4.91 Å². The number of carbonyl (C=O) groups excluding carboxylic acids is 1. The average molecular weight is 176 g/mol. The maximum atomic E-state index is 11.3. The minimum Gasteiger partial charge on any atom is -0.345 e. The number of fused-ring (bicyclic) bond motifs is 1. The maximum absolute atomic E-state index is 11.3. The Hall–Kier alpha value is -1.71. The van der Waals surface area contributed by atoms with E-state index in [0.29, 0.717) is 11.3 Å². The lowest BCUT2D eigenvalue weighted by atomic mass is 10.1. The second-order valence-corrected chi connectivity index (χ2v) is 3.06. The molecule has 0 bridgehead atoms. The molecule has 1 aliphatic heterocycles. The highest BCUT2D eigenvalue weighted by Crippen LogP contribution is 2.28. The van der Waals surface area contributed by atoms with Gasteiger partial charge in [-0.05, 0) is 29.8 Å². The fraction of sp³-hybridized carbons (Fsp3) is 0.222. The van der Waals surface area contributed by atoms with Crippen LogP contribution in [0.2, 0.25) is 0 Å². The van der Waals surface area contributed by atoms with Gasteiger partial charge in [-0.15, -0.1) is 4.91 Å². The molecule has 1 aromatic carbocycles. The molecular weight excluding hydrogens is 168 g/mol. The zero-order valence-corrected chi connectivity index (χ0v) is 7.07. The molecule has 1 aliphatic rings. The van der Waals surface area contributed by atoms with E-state index in [1.807, 2.05) is 6.92 Å². The Morgan fingerprint density at radius 3 is 2.92 bits per heavy atom. The lowest BCUT2D eigenvalue weighted by molar-refractivity contribution is 0.0958. The second kappa shape index (κ2) is 2.65. The fourth-order valence-electron chi connectivity index (χ4n) is 1.53. The molecule has 0 saturated heterocycles. The highest BCUT2D eigenvalue weighted by molar-refractivity contribution is 5.99. The molecule has 0 radical (unpaired) electrons. The molecule has 0 fully saturated rings. The number of hydrogen-bond acceptors (Lipinski definition) is 3. The number of rotatable bonds is 1. The van der Waals surface area contributed by atoms with Gasteiger partial charge in [0, 0.05) is 5.56 Å². The first kappa shape index (κ1) is 7.91. The van der Waals surface area contributed by atoms with Gasteiger partial charge in [0.15, 0.2) is 0 Å². The summed E-state index contributed by atoms with van der Waals surface area (Å²) < 4.78 is 0. The van der Waals surface area contributed by atoms with E-state index in [-0.39, 0.29) is 11.9 Å². The van der Waals surface area contributed by atoms with Crippen molar-refractivity contribution in [1.29, 1.82) is 0 Å². The van der Waals surface area contributed by atoms with Gasteiger partial charge < -0.3 is 5.32 Å². The lowest BCUT2D eigenvalue weighted by Crippen LogP contribution is -2.16.